The van der Waals surface area contributed by atoms with Gasteiger partial charge in [-0.3, -0.25) is 0 Å². The van der Waals surface area contributed by atoms with E-state index in [-0.39, 0.29) is 5.69 Å². The summed E-state index contributed by atoms with van der Waals surface area (Å²) in [6.45, 7) is 1.78. The van der Waals surface area contributed by atoms with Crippen molar-refractivity contribution in [2.75, 3.05) is 0 Å². The Balaban J connectivity index is 2.40. The smallest absolute Gasteiger partial charge is 0.149 e. The summed E-state index contributed by atoms with van der Waals surface area (Å²) >= 11 is 0. The van der Waals surface area contributed by atoms with Crippen molar-refractivity contribution in [3.05, 3.63) is 41.7 Å². The van der Waals surface area contributed by atoms with Crippen LogP contribution in [0.4, 0.5) is 8.78 Å². The van der Waals surface area contributed by atoms with Crippen LogP contribution in [0.3, 0.4) is 0 Å². The molecule has 1 aromatic heterocycles. The van der Waals surface area contributed by atoms with Crippen molar-refractivity contribution in [1.29, 1.82) is 0 Å². The van der Waals surface area contributed by atoms with Gasteiger partial charge in [-0.05, 0) is 18.6 Å². The maximum atomic E-state index is 13.4. The van der Waals surface area contributed by atoms with Crippen molar-refractivity contribution in [1.82, 2.24) is 15.0 Å². The third kappa shape index (κ3) is 2.31. The van der Waals surface area contributed by atoms with E-state index in [1.54, 1.807) is 6.92 Å². The minimum absolute atomic E-state index is 0.0351. The lowest BCUT2D eigenvalue weighted by Crippen LogP contribution is -1.99. The molecule has 0 saturated carbocycles. The van der Waals surface area contributed by atoms with E-state index in [9.17, 15) is 13.9 Å². The second-order valence-electron chi connectivity index (χ2n) is 3.61. The average molecular weight is 239 g/mol. The molecule has 0 aliphatic rings. The molecule has 17 heavy (non-hydrogen) atoms. The number of hydrogen-bond donors (Lipinski definition) is 1. The molecule has 90 valence electrons. The SMILES string of the molecule is CCC(O)c1cn(-c2cc(F)ccc2F)nn1. The Labute approximate surface area is 96.5 Å². The molecular weight excluding hydrogens is 228 g/mol. The Hall–Kier alpha value is -1.82. The molecule has 0 fully saturated rings. The zero-order valence-corrected chi connectivity index (χ0v) is 9.14. The molecule has 1 aromatic carbocycles. The third-order valence-electron chi connectivity index (χ3n) is 2.39. The quantitative estimate of drug-likeness (QED) is 0.891. The van der Waals surface area contributed by atoms with Gasteiger partial charge in [0.2, 0.25) is 0 Å². The Bertz CT molecular complexity index is 527. The fourth-order valence-corrected chi connectivity index (χ4v) is 1.42. The first-order chi connectivity index (χ1) is 8.11. The van der Waals surface area contributed by atoms with E-state index in [2.05, 4.69) is 10.3 Å². The maximum Gasteiger partial charge on any atom is 0.149 e. The number of aromatic nitrogens is 3. The molecule has 0 aliphatic carbocycles. The van der Waals surface area contributed by atoms with Crippen LogP contribution in [0.25, 0.3) is 5.69 Å². The summed E-state index contributed by atoms with van der Waals surface area (Å²) in [6.07, 6.45) is 1.11. The lowest BCUT2D eigenvalue weighted by atomic mass is 10.2. The van der Waals surface area contributed by atoms with E-state index in [1.807, 2.05) is 0 Å². The highest BCUT2D eigenvalue weighted by atomic mass is 19.1. The number of rotatable bonds is 3. The summed E-state index contributed by atoms with van der Waals surface area (Å²) in [5.41, 5.74) is 0.295. The first kappa shape index (κ1) is 11.7. The van der Waals surface area contributed by atoms with Gasteiger partial charge in [0.25, 0.3) is 0 Å². The standard InChI is InChI=1S/C11H11F2N3O/c1-2-11(17)9-6-16(15-14-9)10-5-7(12)3-4-8(10)13/h3-6,11,17H,2H2,1H3. The second kappa shape index (κ2) is 4.58. The van der Waals surface area contributed by atoms with Crippen LogP contribution in [0.15, 0.2) is 24.4 Å². The number of benzene rings is 1. The molecular formula is C11H11F2N3O. The molecule has 0 radical (unpaired) electrons. The van der Waals surface area contributed by atoms with Gasteiger partial charge in [0.1, 0.15) is 23.0 Å². The topological polar surface area (TPSA) is 50.9 Å². The van der Waals surface area contributed by atoms with Crippen molar-refractivity contribution in [3.8, 4) is 5.69 Å². The molecule has 4 nitrogen and oxygen atoms in total. The van der Waals surface area contributed by atoms with Gasteiger partial charge in [-0.2, -0.15) is 0 Å². The van der Waals surface area contributed by atoms with Crippen LogP contribution in [-0.4, -0.2) is 20.1 Å². The van der Waals surface area contributed by atoms with Gasteiger partial charge in [0.05, 0.1) is 12.3 Å². The minimum atomic E-state index is -0.750. The van der Waals surface area contributed by atoms with Crippen molar-refractivity contribution in [3.63, 3.8) is 0 Å². The van der Waals surface area contributed by atoms with E-state index < -0.39 is 17.7 Å². The highest BCUT2D eigenvalue weighted by Crippen LogP contribution is 2.17. The van der Waals surface area contributed by atoms with Crippen molar-refractivity contribution in [2.45, 2.75) is 19.4 Å². The van der Waals surface area contributed by atoms with Crippen LogP contribution < -0.4 is 0 Å². The predicted octanol–water partition coefficient (Wildman–Crippen LogP) is 1.99. The van der Waals surface area contributed by atoms with Crippen LogP contribution >= 0.6 is 0 Å². The monoisotopic (exact) mass is 239 g/mol. The number of aliphatic hydroxyl groups excluding tert-OH is 1. The number of nitrogens with zero attached hydrogens (tertiary/aromatic N) is 3. The Morgan fingerprint density at radius 2 is 2.18 bits per heavy atom. The second-order valence-corrected chi connectivity index (χ2v) is 3.61. The molecule has 2 aromatic rings. The minimum Gasteiger partial charge on any atom is -0.387 e. The maximum absolute atomic E-state index is 13.4. The summed E-state index contributed by atoms with van der Waals surface area (Å²) in [5.74, 6) is -1.16. The predicted molar refractivity (Wildman–Crippen MR) is 56.5 cm³/mol. The Morgan fingerprint density at radius 3 is 2.88 bits per heavy atom. The van der Waals surface area contributed by atoms with Crippen molar-refractivity contribution < 1.29 is 13.9 Å². The highest BCUT2D eigenvalue weighted by Gasteiger charge is 2.13. The number of aliphatic hydroxyl groups is 1. The Kier molecular flexibility index (Phi) is 3.14. The molecule has 0 amide bonds. The van der Waals surface area contributed by atoms with Crippen LogP contribution in [0.2, 0.25) is 0 Å². The highest BCUT2D eigenvalue weighted by molar-refractivity contribution is 5.33. The third-order valence-corrected chi connectivity index (χ3v) is 2.39. The molecule has 1 unspecified atom stereocenters. The lowest BCUT2D eigenvalue weighted by molar-refractivity contribution is 0.169. The van der Waals surface area contributed by atoms with Gasteiger partial charge in [0.15, 0.2) is 0 Å². The van der Waals surface area contributed by atoms with Gasteiger partial charge in [0, 0.05) is 6.07 Å². The summed E-state index contributed by atoms with van der Waals surface area (Å²) in [7, 11) is 0. The molecule has 6 heteroatoms. The molecule has 0 aliphatic heterocycles. The van der Waals surface area contributed by atoms with Crippen LogP contribution in [0.1, 0.15) is 25.1 Å². The zero-order chi connectivity index (χ0) is 12.4. The molecule has 1 heterocycles. The molecule has 1 N–H and O–H groups in total. The van der Waals surface area contributed by atoms with E-state index in [1.165, 1.54) is 6.20 Å². The van der Waals surface area contributed by atoms with Gasteiger partial charge >= 0.3 is 0 Å². The average Bonchev–Trinajstić information content (AvgIpc) is 2.80. The van der Waals surface area contributed by atoms with E-state index >= 15 is 0 Å². The first-order valence-electron chi connectivity index (χ1n) is 5.17. The summed E-state index contributed by atoms with van der Waals surface area (Å²) in [4.78, 5) is 0. The summed E-state index contributed by atoms with van der Waals surface area (Å²) in [6, 6.07) is 3.06. The molecule has 1 atom stereocenters. The van der Waals surface area contributed by atoms with Crippen LogP contribution in [0, 0.1) is 11.6 Å². The van der Waals surface area contributed by atoms with Crippen molar-refractivity contribution in [2.24, 2.45) is 0 Å². The number of hydrogen-bond acceptors (Lipinski definition) is 3. The fourth-order valence-electron chi connectivity index (χ4n) is 1.42. The van der Waals surface area contributed by atoms with Crippen LogP contribution in [0.5, 0.6) is 0 Å². The summed E-state index contributed by atoms with van der Waals surface area (Å²) < 4.78 is 27.5. The normalized spacial score (nSPS) is 12.7. The van der Waals surface area contributed by atoms with E-state index in [4.69, 9.17) is 0 Å². The van der Waals surface area contributed by atoms with Gasteiger partial charge in [-0.1, -0.05) is 12.1 Å². The van der Waals surface area contributed by atoms with Gasteiger partial charge < -0.3 is 5.11 Å². The van der Waals surface area contributed by atoms with Crippen LogP contribution in [-0.2, 0) is 0 Å². The molecule has 0 saturated heterocycles. The van der Waals surface area contributed by atoms with Crippen molar-refractivity contribution >= 4 is 0 Å². The molecule has 0 bridgehead atoms. The lowest BCUT2D eigenvalue weighted by Gasteiger charge is -2.02. The van der Waals surface area contributed by atoms with Gasteiger partial charge in [-0.15, -0.1) is 5.10 Å². The van der Waals surface area contributed by atoms with E-state index in [0.29, 0.717) is 12.1 Å². The van der Waals surface area contributed by atoms with Gasteiger partial charge in [-0.25, -0.2) is 13.5 Å². The molecule has 0 spiro atoms. The fraction of sp³-hybridized carbons (Fsp3) is 0.273. The largest absolute Gasteiger partial charge is 0.387 e. The number of halogens is 2. The Morgan fingerprint density at radius 1 is 1.41 bits per heavy atom. The first-order valence-corrected chi connectivity index (χ1v) is 5.17. The summed E-state index contributed by atoms with van der Waals surface area (Å²) in [5, 5.41) is 16.9. The van der Waals surface area contributed by atoms with E-state index in [0.717, 1.165) is 22.9 Å². The zero-order valence-electron chi connectivity index (χ0n) is 9.14. The molecule has 2 rings (SSSR count).